The molecule has 1 aromatic rings. The molecule has 172 valence electrons. The van der Waals surface area contributed by atoms with Gasteiger partial charge in [-0.2, -0.15) is 0 Å². The van der Waals surface area contributed by atoms with Gasteiger partial charge in [0.25, 0.3) is 0 Å². The van der Waals surface area contributed by atoms with Crippen molar-refractivity contribution < 1.29 is 33.8 Å². The zero-order chi connectivity index (χ0) is 23.3. The average molecular weight is 437 g/mol. The van der Waals surface area contributed by atoms with E-state index in [1.807, 2.05) is 0 Å². The molecule has 31 heavy (non-hydrogen) atoms. The monoisotopic (exact) mass is 436 g/mol. The smallest absolute Gasteiger partial charge is 0.315 e. The van der Waals surface area contributed by atoms with Crippen molar-refractivity contribution in [3.8, 4) is 5.75 Å². The van der Waals surface area contributed by atoms with Crippen LogP contribution in [0.3, 0.4) is 0 Å². The SMILES string of the molecule is CC(=O)CCNCCNC(=O)CC(=O)OCCOc1ccc(C(=O)CC(C)(C)O)cc1. The molecule has 0 radical (unpaired) electrons. The van der Waals surface area contributed by atoms with Crippen molar-refractivity contribution in [3.63, 3.8) is 0 Å². The highest BCUT2D eigenvalue weighted by molar-refractivity contribution is 5.96. The van der Waals surface area contributed by atoms with Crippen LogP contribution in [0, 0.1) is 0 Å². The second kappa shape index (κ2) is 13.5. The number of carbonyl (C=O) groups excluding carboxylic acids is 4. The molecule has 0 heterocycles. The third kappa shape index (κ3) is 13.2. The summed E-state index contributed by atoms with van der Waals surface area (Å²) in [5, 5.41) is 15.3. The van der Waals surface area contributed by atoms with Crippen molar-refractivity contribution in [1.29, 1.82) is 0 Å². The van der Waals surface area contributed by atoms with Gasteiger partial charge in [0, 0.05) is 38.0 Å². The van der Waals surface area contributed by atoms with E-state index in [2.05, 4.69) is 10.6 Å². The molecule has 0 aliphatic carbocycles. The Labute approximate surface area is 182 Å². The molecule has 1 rings (SSSR count). The van der Waals surface area contributed by atoms with Gasteiger partial charge < -0.3 is 25.2 Å². The van der Waals surface area contributed by atoms with Gasteiger partial charge in [-0.05, 0) is 45.0 Å². The molecule has 9 nitrogen and oxygen atoms in total. The summed E-state index contributed by atoms with van der Waals surface area (Å²) in [6.45, 7) is 6.15. The Morgan fingerprint density at radius 1 is 1.00 bits per heavy atom. The molecule has 0 saturated carbocycles. The van der Waals surface area contributed by atoms with Gasteiger partial charge in [0.1, 0.15) is 31.2 Å². The zero-order valence-electron chi connectivity index (χ0n) is 18.4. The molecule has 9 heteroatoms. The molecule has 0 aliphatic rings. The summed E-state index contributed by atoms with van der Waals surface area (Å²) in [6.07, 6.45) is 0.0746. The van der Waals surface area contributed by atoms with E-state index in [0.29, 0.717) is 37.4 Å². The van der Waals surface area contributed by atoms with Gasteiger partial charge in [0.15, 0.2) is 5.78 Å². The van der Waals surface area contributed by atoms with Crippen LogP contribution in [0.4, 0.5) is 0 Å². The van der Waals surface area contributed by atoms with Crippen molar-refractivity contribution in [2.75, 3.05) is 32.8 Å². The average Bonchev–Trinajstić information content (AvgIpc) is 2.67. The summed E-state index contributed by atoms with van der Waals surface area (Å²) >= 11 is 0. The Bertz CT molecular complexity index is 739. The van der Waals surface area contributed by atoms with E-state index in [1.54, 1.807) is 38.1 Å². The third-order valence-corrected chi connectivity index (χ3v) is 3.97. The van der Waals surface area contributed by atoms with Crippen molar-refractivity contribution in [2.24, 2.45) is 0 Å². The first-order chi connectivity index (χ1) is 14.6. The van der Waals surface area contributed by atoms with Crippen molar-refractivity contribution >= 4 is 23.4 Å². The van der Waals surface area contributed by atoms with Crippen LogP contribution in [0.25, 0.3) is 0 Å². The normalized spacial score (nSPS) is 11.0. The lowest BCUT2D eigenvalue weighted by atomic mass is 9.98. The molecule has 0 aromatic heterocycles. The number of benzene rings is 1. The molecule has 0 saturated heterocycles. The van der Waals surface area contributed by atoms with Crippen LogP contribution >= 0.6 is 0 Å². The molecule has 0 fully saturated rings. The lowest BCUT2D eigenvalue weighted by molar-refractivity contribution is -0.147. The Morgan fingerprint density at radius 2 is 1.68 bits per heavy atom. The van der Waals surface area contributed by atoms with E-state index in [-0.39, 0.29) is 37.6 Å². The van der Waals surface area contributed by atoms with Crippen LogP contribution in [-0.2, 0) is 19.1 Å². The quantitative estimate of drug-likeness (QED) is 0.161. The minimum atomic E-state index is -1.07. The van der Waals surface area contributed by atoms with Crippen LogP contribution in [-0.4, -0.2) is 67.0 Å². The summed E-state index contributed by atoms with van der Waals surface area (Å²) < 4.78 is 10.4. The number of Topliss-reactive ketones (excluding diaryl/α,β-unsaturated/α-hetero) is 2. The second-order valence-corrected chi connectivity index (χ2v) is 7.73. The number of ketones is 2. The molecule has 1 aromatic carbocycles. The first-order valence-corrected chi connectivity index (χ1v) is 10.2. The molecule has 0 spiro atoms. The van der Waals surface area contributed by atoms with Gasteiger partial charge in [-0.25, -0.2) is 0 Å². The number of hydrogen-bond acceptors (Lipinski definition) is 8. The van der Waals surface area contributed by atoms with Gasteiger partial charge in [-0.1, -0.05) is 0 Å². The number of rotatable bonds is 15. The Morgan fingerprint density at radius 3 is 2.29 bits per heavy atom. The predicted octanol–water partition coefficient (Wildman–Crippen LogP) is 1.03. The Kier molecular flexibility index (Phi) is 11.4. The predicted molar refractivity (Wildman–Crippen MR) is 114 cm³/mol. The molecular weight excluding hydrogens is 404 g/mol. The topological polar surface area (TPSA) is 131 Å². The fourth-order valence-electron chi connectivity index (χ4n) is 2.47. The standard InChI is InChI=1S/C22H32N2O7/c1-16(25)8-9-23-10-11-24-20(27)14-21(28)31-13-12-30-18-6-4-17(5-7-18)19(26)15-22(2,3)29/h4-7,23,29H,8-15H2,1-3H3,(H,24,27). The molecule has 3 N–H and O–H groups in total. The summed E-state index contributed by atoms with van der Waals surface area (Å²) in [7, 11) is 0. The molecular formula is C22H32N2O7. The lowest BCUT2D eigenvalue weighted by Gasteiger charge is -2.15. The maximum Gasteiger partial charge on any atom is 0.315 e. The first-order valence-electron chi connectivity index (χ1n) is 10.2. The first kappa shape index (κ1) is 26.3. The van der Waals surface area contributed by atoms with E-state index in [0.717, 1.165) is 0 Å². The Hall–Kier alpha value is -2.78. The highest BCUT2D eigenvalue weighted by Gasteiger charge is 2.19. The Balaban J connectivity index is 2.17. The van der Waals surface area contributed by atoms with Gasteiger partial charge in [-0.3, -0.25) is 19.2 Å². The van der Waals surface area contributed by atoms with Crippen molar-refractivity contribution in [3.05, 3.63) is 29.8 Å². The molecule has 0 atom stereocenters. The summed E-state index contributed by atoms with van der Waals surface area (Å²) in [6, 6.07) is 6.46. The fourth-order valence-corrected chi connectivity index (χ4v) is 2.47. The summed E-state index contributed by atoms with van der Waals surface area (Å²) in [5.41, 5.74) is -0.596. The lowest BCUT2D eigenvalue weighted by Crippen LogP contribution is -2.33. The van der Waals surface area contributed by atoms with Gasteiger partial charge in [0.05, 0.1) is 5.60 Å². The van der Waals surface area contributed by atoms with Crippen molar-refractivity contribution in [1.82, 2.24) is 10.6 Å². The van der Waals surface area contributed by atoms with E-state index in [4.69, 9.17) is 9.47 Å². The molecule has 0 unspecified atom stereocenters. The number of aliphatic hydroxyl groups is 1. The number of hydrogen-bond donors (Lipinski definition) is 3. The van der Waals surface area contributed by atoms with Crippen molar-refractivity contribution in [2.45, 2.75) is 45.6 Å². The summed E-state index contributed by atoms with van der Waals surface area (Å²) in [4.78, 5) is 46.1. The van der Waals surface area contributed by atoms with Gasteiger partial charge >= 0.3 is 5.97 Å². The highest BCUT2D eigenvalue weighted by atomic mass is 16.6. The fraction of sp³-hybridized carbons (Fsp3) is 0.545. The summed E-state index contributed by atoms with van der Waals surface area (Å²) in [5.74, 6) is -0.662. The number of esters is 1. The van der Waals surface area contributed by atoms with Crippen LogP contribution in [0.1, 0.15) is 50.4 Å². The largest absolute Gasteiger partial charge is 0.490 e. The molecule has 0 bridgehead atoms. The number of amides is 1. The van der Waals surface area contributed by atoms with Gasteiger partial charge in [-0.15, -0.1) is 0 Å². The van der Waals surface area contributed by atoms with E-state index in [1.165, 1.54) is 6.92 Å². The number of ether oxygens (including phenoxy) is 2. The van der Waals surface area contributed by atoms with Crippen LogP contribution < -0.4 is 15.4 Å². The zero-order valence-corrected chi connectivity index (χ0v) is 18.4. The van der Waals surface area contributed by atoms with Crippen LogP contribution in [0.2, 0.25) is 0 Å². The molecule has 1 amide bonds. The van der Waals surface area contributed by atoms with Crippen LogP contribution in [0.5, 0.6) is 5.75 Å². The van der Waals surface area contributed by atoms with Crippen LogP contribution in [0.15, 0.2) is 24.3 Å². The maximum absolute atomic E-state index is 12.0. The number of nitrogens with one attached hydrogen (secondary N) is 2. The minimum absolute atomic E-state index is 0.0158. The minimum Gasteiger partial charge on any atom is -0.490 e. The van der Waals surface area contributed by atoms with E-state index >= 15 is 0 Å². The second-order valence-electron chi connectivity index (χ2n) is 7.73. The third-order valence-electron chi connectivity index (χ3n) is 3.97. The maximum atomic E-state index is 12.0. The van der Waals surface area contributed by atoms with Gasteiger partial charge in [0.2, 0.25) is 5.91 Å². The highest BCUT2D eigenvalue weighted by Crippen LogP contribution is 2.17. The van der Waals surface area contributed by atoms with E-state index in [9.17, 15) is 24.3 Å². The van der Waals surface area contributed by atoms with E-state index < -0.39 is 17.5 Å². The number of carbonyl (C=O) groups is 4. The molecule has 0 aliphatic heterocycles.